The lowest BCUT2D eigenvalue weighted by atomic mass is 9.91. The van der Waals surface area contributed by atoms with Gasteiger partial charge in [0.1, 0.15) is 0 Å². The van der Waals surface area contributed by atoms with Crippen LogP contribution in [0.15, 0.2) is 23.1 Å². The van der Waals surface area contributed by atoms with Crippen molar-refractivity contribution >= 4 is 15.7 Å². The Hall–Kier alpha value is -1.75. The summed E-state index contributed by atoms with van der Waals surface area (Å²) in [4.78, 5) is 12.8. The van der Waals surface area contributed by atoms with E-state index >= 15 is 0 Å². The highest BCUT2D eigenvalue weighted by Crippen LogP contribution is 2.33. The van der Waals surface area contributed by atoms with E-state index in [2.05, 4.69) is 4.90 Å². The van der Waals surface area contributed by atoms with Crippen LogP contribution in [0.5, 0.6) is 5.75 Å². The average molecular weight is 385 g/mol. The quantitative estimate of drug-likeness (QED) is 0.597. The lowest BCUT2D eigenvalue weighted by molar-refractivity contribution is -0.386. The Bertz CT molecular complexity index is 755. The van der Waals surface area contributed by atoms with E-state index in [0.717, 1.165) is 58.1 Å². The fraction of sp³-hybridized carbons (Fsp3) is 0.625. The molecule has 2 N–H and O–H groups in total. The summed E-state index contributed by atoms with van der Waals surface area (Å²) >= 11 is 0. The minimum Gasteiger partial charge on any atom is -0.484 e. The molecule has 0 amide bonds. The molecule has 0 radical (unpaired) electrons. The predicted octanol–water partition coefficient (Wildman–Crippen LogP) is 1.26. The molecule has 10 heteroatoms. The number of benzene rings is 1. The summed E-state index contributed by atoms with van der Waals surface area (Å²) in [5, 5.41) is 16.3. The van der Waals surface area contributed by atoms with Crippen LogP contribution in [0.25, 0.3) is 0 Å². The third-order valence-corrected chi connectivity index (χ3v) is 5.87. The van der Waals surface area contributed by atoms with Crippen molar-refractivity contribution in [2.75, 3.05) is 26.3 Å². The molecule has 0 unspecified atom stereocenters. The number of hydrogen-bond donors (Lipinski definition) is 1. The molecule has 0 atom stereocenters. The van der Waals surface area contributed by atoms with Gasteiger partial charge in [-0.2, -0.15) is 0 Å². The second-order valence-electron chi connectivity index (χ2n) is 6.63. The first kappa shape index (κ1) is 19.0. The highest BCUT2D eigenvalue weighted by Gasteiger charge is 2.29. The molecule has 9 nitrogen and oxygen atoms in total. The van der Waals surface area contributed by atoms with Crippen LogP contribution < -0.4 is 9.88 Å². The summed E-state index contributed by atoms with van der Waals surface area (Å²) in [6, 6.07) is 3.99. The number of nitrogens with zero attached hydrogens (tertiary/aromatic N) is 2. The van der Waals surface area contributed by atoms with Crippen molar-refractivity contribution in [3.05, 3.63) is 28.3 Å². The summed E-state index contributed by atoms with van der Waals surface area (Å²) < 4.78 is 34.0. The smallest absolute Gasteiger partial charge is 0.312 e. The minimum atomic E-state index is -4.00. The summed E-state index contributed by atoms with van der Waals surface area (Å²) in [5.41, 5.74) is -0.383. The van der Waals surface area contributed by atoms with Crippen LogP contribution in [0, 0.1) is 10.1 Å². The van der Waals surface area contributed by atoms with Crippen LogP contribution in [0.1, 0.15) is 25.7 Å². The molecule has 3 rings (SSSR count). The van der Waals surface area contributed by atoms with E-state index < -0.39 is 14.9 Å². The van der Waals surface area contributed by atoms with Crippen LogP contribution in [0.4, 0.5) is 5.69 Å². The predicted molar refractivity (Wildman–Crippen MR) is 93.5 cm³/mol. The van der Waals surface area contributed by atoms with Crippen LogP contribution in [-0.4, -0.2) is 56.7 Å². The molecule has 1 aliphatic heterocycles. The Morgan fingerprint density at radius 3 is 2.42 bits per heavy atom. The van der Waals surface area contributed by atoms with Gasteiger partial charge in [-0.05, 0) is 37.8 Å². The van der Waals surface area contributed by atoms with E-state index in [0.29, 0.717) is 6.04 Å². The Morgan fingerprint density at radius 1 is 1.19 bits per heavy atom. The van der Waals surface area contributed by atoms with E-state index in [1.54, 1.807) is 0 Å². The van der Waals surface area contributed by atoms with Crippen LogP contribution in [0.2, 0.25) is 0 Å². The highest BCUT2D eigenvalue weighted by atomic mass is 32.2. The normalized spacial score (nSPS) is 25.0. The first-order valence-electron chi connectivity index (χ1n) is 8.64. The van der Waals surface area contributed by atoms with Gasteiger partial charge in [0.05, 0.1) is 29.1 Å². The van der Waals surface area contributed by atoms with Crippen LogP contribution >= 0.6 is 0 Å². The second-order valence-corrected chi connectivity index (χ2v) is 8.19. The first-order valence-corrected chi connectivity index (χ1v) is 10.2. The third kappa shape index (κ3) is 4.50. The number of nitro benzene ring substituents is 1. The molecule has 1 aliphatic carbocycles. The van der Waals surface area contributed by atoms with Gasteiger partial charge < -0.3 is 9.47 Å². The highest BCUT2D eigenvalue weighted by molar-refractivity contribution is 7.89. The van der Waals surface area contributed by atoms with Crippen molar-refractivity contribution in [1.82, 2.24) is 4.90 Å². The molecule has 144 valence electrons. The van der Waals surface area contributed by atoms with Gasteiger partial charge >= 0.3 is 5.69 Å². The maximum atomic E-state index is 11.4. The molecule has 0 spiro atoms. The zero-order valence-corrected chi connectivity index (χ0v) is 15.2. The van der Waals surface area contributed by atoms with Gasteiger partial charge in [0, 0.05) is 25.2 Å². The second kappa shape index (κ2) is 7.87. The fourth-order valence-electron chi connectivity index (χ4n) is 3.57. The number of ether oxygens (including phenoxy) is 2. The number of sulfonamides is 1. The fourth-order valence-corrected chi connectivity index (χ4v) is 4.10. The van der Waals surface area contributed by atoms with Gasteiger partial charge in [-0.15, -0.1) is 0 Å². The van der Waals surface area contributed by atoms with Crippen molar-refractivity contribution in [2.24, 2.45) is 5.14 Å². The van der Waals surface area contributed by atoms with E-state index in [1.807, 2.05) is 0 Å². The lowest BCUT2D eigenvalue weighted by Gasteiger charge is -2.38. The van der Waals surface area contributed by atoms with Gasteiger partial charge in [-0.1, -0.05) is 0 Å². The number of primary sulfonamides is 1. The van der Waals surface area contributed by atoms with E-state index in [9.17, 15) is 18.5 Å². The number of hydrogen-bond acceptors (Lipinski definition) is 7. The summed E-state index contributed by atoms with van der Waals surface area (Å²) in [6.45, 7) is 3.41. The molecule has 1 aromatic rings. The molecule has 1 aromatic carbocycles. The molecule has 26 heavy (non-hydrogen) atoms. The zero-order chi connectivity index (χ0) is 18.7. The molecular weight excluding hydrogens is 362 g/mol. The molecule has 2 aliphatic rings. The van der Waals surface area contributed by atoms with E-state index in [1.165, 1.54) is 12.1 Å². The molecule has 1 saturated heterocycles. The zero-order valence-electron chi connectivity index (χ0n) is 14.4. The number of rotatable bonds is 5. The van der Waals surface area contributed by atoms with Gasteiger partial charge in [-0.3, -0.25) is 15.0 Å². The molecule has 0 bridgehead atoms. The minimum absolute atomic E-state index is 0.0808. The molecule has 1 saturated carbocycles. The number of morpholine rings is 1. The maximum absolute atomic E-state index is 11.4. The summed E-state index contributed by atoms with van der Waals surface area (Å²) in [5.74, 6) is 0.0808. The van der Waals surface area contributed by atoms with Crippen molar-refractivity contribution in [3.63, 3.8) is 0 Å². The van der Waals surface area contributed by atoms with Crippen molar-refractivity contribution < 1.29 is 22.8 Å². The van der Waals surface area contributed by atoms with E-state index in [4.69, 9.17) is 14.6 Å². The summed E-state index contributed by atoms with van der Waals surface area (Å²) in [7, 11) is -4.00. The maximum Gasteiger partial charge on any atom is 0.312 e. The largest absolute Gasteiger partial charge is 0.484 e. The van der Waals surface area contributed by atoms with Gasteiger partial charge in [0.25, 0.3) is 0 Å². The Labute approximate surface area is 152 Å². The SMILES string of the molecule is NS(=O)(=O)c1ccc(O[C@H]2CC[C@H](N3CCOCC3)CC2)c([N+](=O)[O-])c1. The Kier molecular flexibility index (Phi) is 5.76. The van der Waals surface area contributed by atoms with Crippen molar-refractivity contribution in [1.29, 1.82) is 0 Å². The van der Waals surface area contributed by atoms with Crippen molar-refractivity contribution in [3.8, 4) is 5.75 Å². The average Bonchev–Trinajstić information content (AvgIpc) is 2.62. The molecule has 1 heterocycles. The van der Waals surface area contributed by atoms with Gasteiger partial charge in [0.2, 0.25) is 10.0 Å². The van der Waals surface area contributed by atoms with Crippen molar-refractivity contribution in [2.45, 2.75) is 42.7 Å². The Morgan fingerprint density at radius 2 is 1.85 bits per heavy atom. The molecule has 0 aromatic heterocycles. The standard InChI is InChI=1S/C16H23N3O6S/c17-26(22,23)14-5-6-16(15(11-14)19(20)21)25-13-3-1-12(2-4-13)18-7-9-24-10-8-18/h5-6,11-13H,1-4,7-10H2,(H2,17,22,23)/t12-,13-. The molecule has 2 fully saturated rings. The van der Waals surface area contributed by atoms with Gasteiger partial charge in [-0.25, -0.2) is 13.6 Å². The third-order valence-electron chi connectivity index (χ3n) is 4.96. The lowest BCUT2D eigenvalue weighted by Crippen LogP contribution is -2.46. The van der Waals surface area contributed by atoms with Crippen LogP contribution in [-0.2, 0) is 14.8 Å². The van der Waals surface area contributed by atoms with Gasteiger partial charge in [0.15, 0.2) is 5.75 Å². The Balaban J connectivity index is 1.65. The van der Waals surface area contributed by atoms with Crippen LogP contribution in [0.3, 0.4) is 0 Å². The monoisotopic (exact) mass is 385 g/mol. The topological polar surface area (TPSA) is 125 Å². The van der Waals surface area contributed by atoms with E-state index in [-0.39, 0.29) is 22.4 Å². The summed E-state index contributed by atoms with van der Waals surface area (Å²) in [6.07, 6.45) is 3.42. The number of nitro groups is 1. The molecular formula is C16H23N3O6S. The number of nitrogens with two attached hydrogens (primary N) is 1. The first-order chi connectivity index (χ1) is 12.3.